The molecule has 0 saturated carbocycles. The molecule has 6 rings (SSSR count). The maximum Gasteiger partial charge on any atom is 0.416 e. The summed E-state index contributed by atoms with van der Waals surface area (Å²) in [5, 5.41) is 10.4. The molecule has 0 heterocycles. The van der Waals surface area contributed by atoms with Crippen molar-refractivity contribution >= 4 is 53.9 Å². The smallest absolute Gasteiger partial charge is 0.166 e. The SMILES string of the molecule is Cc1ccc2cc3c(ccc4c5cc6ccc(C(F)(F)F)cc6cc5ccc34)cc2c1. The third-order valence-electron chi connectivity index (χ3n) is 6.23. The van der Waals surface area contributed by atoms with E-state index in [1.165, 1.54) is 33.2 Å². The van der Waals surface area contributed by atoms with E-state index in [-0.39, 0.29) is 0 Å². The molecule has 0 N–H and O–H groups in total. The largest absolute Gasteiger partial charge is 0.416 e. The molecule has 3 heteroatoms. The molecule has 6 aromatic carbocycles. The first-order chi connectivity index (χ1) is 14.9. The Morgan fingerprint density at radius 2 is 0.968 bits per heavy atom. The van der Waals surface area contributed by atoms with Gasteiger partial charge in [0.2, 0.25) is 0 Å². The Balaban J connectivity index is 1.66. The highest BCUT2D eigenvalue weighted by molar-refractivity contribution is 6.20. The van der Waals surface area contributed by atoms with Crippen molar-refractivity contribution in [2.45, 2.75) is 13.1 Å². The van der Waals surface area contributed by atoms with Crippen LogP contribution in [0.15, 0.2) is 84.9 Å². The summed E-state index contributed by atoms with van der Waals surface area (Å²) >= 11 is 0. The Labute approximate surface area is 176 Å². The number of alkyl halides is 3. The van der Waals surface area contributed by atoms with Gasteiger partial charge in [-0.2, -0.15) is 13.2 Å². The molecule has 0 saturated heterocycles. The normalized spacial score (nSPS) is 12.5. The monoisotopic (exact) mass is 410 g/mol. The van der Waals surface area contributed by atoms with E-state index in [1.54, 1.807) is 6.07 Å². The van der Waals surface area contributed by atoms with Crippen molar-refractivity contribution in [1.29, 1.82) is 0 Å². The zero-order chi connectivity index (χ0) is 21.3. The van der Waals surface area contributed by atoms with Gasteiger partial charge in [0.25, 0.3) is 0 Å². The lowest BCUT2D eigenvalue weighted by atomic mass is 9.93. The number of halogens is 3. The third-order valence-corrected chi connectivity index (χ3v) is 6.23. The van der Waals surface area contributed by atoms with Crippen molar-refractivity contribution in [3.05, 3.63) is 96.1 Å². The summed E-state index contributed by atoms with van der Waals surface area (Å²) in [5.41, 5.74) is 0.618. The lowest BCUT2D eigenvalue weighted by Crippen LogP contribution is -2.04. The number of benzene rings is 6. The van der Waals surface area contributed by atoms with Crippen molar-refractivity contribution in [2.24, 2.45) is 0 Å². The predicted molar refractivity (Wildman–Crippen MR) is 124 cm³/mol. The molecule has 6 aromatic rings. The summed E-state index contributed by atoms with van der Waals surface area (Å²) in [6.45, 7) is 2.10. The predicted octanol–water partition coefficient (Wildman–Crippen LogP) is 8.78. The fourth-order valence-electron chi connectivity index (χ4n) is 4.66. The lowest BCUT2D eigenvalue weighted by molar-refractivity contribution is -0.137. The van der Waals surface area contributed by atoms with Crippen molar-refractivity contribution in [3.63, 3.8) is 0 Å². The van der Waals surface area contributed by atoms with Crippen LogP contribution in [0.2, 0.25) is 0 Å². The van der Waals surface area contributed by atoms with Gasteiger partial charge >= 0.3 is 6.18 Å². The highest BCUT2D eigenvalue weighted by atomic mass is 19.4. The fraction of sp³-hybridized carbons (Fsp3) is 0.0714. The van der Waals surface area contributed by atoms with Gasteiger partial charge in [0.15, 0.2) is 0 Å². The van der Waals surface area contributed by atoms with Gasteiger partial charge in [-0.15, -0.1) is 0 Å². The molecule has 150 valence electrons. The molecule has 0 aliphatic heterocycles. The van der Waals surface area contributed by atoms with Crippen LogP contribution in [-0.2, 0) is 6.18 Å². The molecule has 0 nitrogen and oxygen atoms in total. The molecule has 0 aliphatic rings. The molecule has 0 bridgehead atoms. The van der Waals surface area contributed by atoms with Crippen molar-refractivity contribution in [3.8, 4) is 0 Å². The topological polar surface area (TPSA) is 0 Å². The van der Waals surface area contributed by atoms with E-state index in [2.05, 4.69) is 55.5 Å². The van der Waals surface area contributed by atoms with Crippen LogP contribution in [-0.4, -0.2) is 0 Å². The zero-order valence-electron chi connectivity index (χ0n) is 16.7. The molecular weight excluding hydrogens is 393 g/mol. The van der Waals surface area contributed by atoms with Crippen molar-refractivity contribution in [2.75, 3.05) is 0 Å². The molecule has 0 fully saturated rings. The molecule has 0 unspecified atom stereocenters. The van der Waals surface area contributed by atoms with Crippen LogP contribution in [0.25, 0.3) is 53.9 Å². The van der Waals surface area contributed by atoms with Gasteiger partial charge < -0.3 is 0 Å². The van der Waals surface area contributed by atoms with Crippen molar-refractivity contribution < 1.29 is 13.2 Å². The van der Waals surface area contributed by atoms with Gasteiger partial charge in [-0.25, -0.2) is 0 Å². The maximum absolute atomic E-state index is 13.1. The molecule has 0 spiro atoms. The van der Waals surface area contributed by atoms with E-state index in [1.807, 2.05) is 18.2 Å². The highest BCUT2D eigenvalue weighted by Gasteiger charge is 2.30. The summed E-state index contributed by atoms with van der Waals surface area (Å²) < 4.78 is 39.4. The van der Waals surface area contributed by atoms with Gasteiger partial charge in [0, 0.05) is 0 Å². The lowest BCUT2D eigenvalue weighted by Gasteiger charge is -2.12. The number of fused-ring (bicyclic) bond motifs is 7. The Morgan fingerprint density at radius 3 is 1.55 bits per heavy atom. The summed E-state index contributed by atoms with van der Waals surface area (Å²) in [6, 6.07) is 27.1. The van der Waals surface area contributed by atoms with Crippen LogP contribution in [0.5, 0.6) is 0 Å². The van der Waals surface area contributed by atoms with E-state index in [0.717, 1.165) is 33.0 Å². The minimum atomic E-state index is -4.34. The quantitative estimate of drug-likeness (QED) is 0.173. The Hall–Kier alpha value is -3.59. The molecule has 0 amide bonds. The Morgan fingerprint density at radius 1 is 0.452 bits per heavy atom. The second kappa shape index (κ2) is 6.21. The Kier molecular flexibility index (Phi) is 3.64. The molecule has 0 aromatic heterocycles. The maximum atomic E-state index is 13.1. The number of hydrogen-bond acceptors (Lipinski definition) is 0. The van der Waals surface area contributed by atoms with Gasteiger partial charge in [-0.1, -0.05) is 54.1 Å². The summed E-state index contributed by atoms with van der Waals surface area (Å²) in [5.74, 6) is 0. The first-order valence-electron chi connectivity index (χ1n) is 10.2. The Bertz CT molecular complexity index is 1670. The average molecular weight is 410 g/mol. The van der Waals surface area contributed by atoms with E-state index in [4.69, 9.17) is 0 Å². The standard InChI is InChI=1S/C28H17F3/c1-16-2-3-17-14-26-19(11-21(17)10-16)5-8-25-24(26)9-6-20-12-22-13-23(28(29,30)31)7-4-18(22)15-27(20)25/h2-15H,1H3. The van der Waals surface area contributed by atoms with Crippen LogP contribution in [0.4, 0.5) is 13.2 Å². The second-order valence-corrected chi connectivity index (χ2v) is 8.28. The first-order valence-corrected chi connectivity index (χ1v) is 10.2. The van der Waals surface area contributed by atoms with E-state index in [0.29, 0.717) is 5.39 Å². The summed E-state index contributed by atoms with van der Waals surface area (Å²) in [6.07, 6.45) is -4.34. The number of rotatable bonds is 0. The molecule has 0 radical (unpaired) electrons. The summed E-state index contributed by atoms with van der Waals surface area (Å²) in [7, 11) is 0. The first kappa shape index (κ1) is 18.2. The zero-order valence-corrected chi connectivity index (χ0v) is 16.7. The molecule has 0 atom stereocenters. The molecule has 0 aliphatic carbocycles. The highest BCUT2D eigenvalue weighted by Crippen LogP contribution is 2.37. The summed E-state index contributed by atoms with van der Waals surface area (Å²) in [4.78, 5) is 0. The fourth-order valence-corrected chi connectivity index (χ4v) is 4.66. The van der Waals surface area contributed by atoms with Gasteiger partial charge in [-0.3, -0.25) is 0 Å². The number of aryl methyl sites for hydroxylation is 1. The van der Waals surface area contributed by atoms with Gasteiger partial charge in [-0.05, 0) is 97.2 Å². The van der Waals surface area contributed by atoms with Gasteiger partial charge in [0.1, 0.15) is 0 Å². The van der Waals surface area contributed by atoms with Gasteiger partial charge in [0.05, 0.1) is 5.56 Å². The number of hydrogen-bond donors (Lipinski definition) is 0. The van der Waals surface area contributed by atoms with Crippen LogP contribution in [0, 0.1) is 6.92 Å². The third kappa shape index (κ3) is 2.84. The average Bonchev–Trinajstić information content (AvgIpc) is 2.75. The van der Waals surface area contributed by atoms with E-state index < -0.39 is 11.7 Å². The van der Waals surface area contributed by atoms with Crippen LogP contribution in [0.3, 0.4) is 0 Å². The molecule has 31 heavy (non-hydrogen) atoms. The second-order valence-electron chi connectivity index (χ2n) is 8.28. The molecular formula is C28H17F3. The van der Waals surface area contributed by atoms with Crippen LogP contribution in [0.1, 0.15) is 11.1 Å². The minimum Gasteiger partial charge on any atom is -0.166 e. The van der Waals surface area contributed by atoms with Crippen molar-refractivity contribution in [1.82, 2.24) is 0 Å². The van der Waals surface area contributed by atoms with Crippen LogP contribution < -0.4 is 0 Å². The van der Waals surface area contributed by atoms with E-state index >= 15 is 0 Å². The minimum absolute atomic E-state index is 0.601. The van der Waals surface area contributed by atoms with E-state index in [9.17, 15) is 13.2 Å². The van der Waals surface area contributed by atoms with Crippen LogP contribution >= 0.6 is 0 Å².